The molecule has 0 spiro atoms. The summed E-state index contributed by atoms with van der Waals surface area (Å²) < 4.78 is 0. The van der Waals surface area contributed by atoms with Crippen LogP contribution < -0.4 is 4.90 Å². The number of anilines is 1. The standard InChI is InChI=1S/C12H16ClNO2/c1-12(16)5-6-14(8-12)11-9(7-15)3-2-4-10(11)13/h2-4,15-16H,5-8H2,1H3. The van der Waals surface area contributed by atoms with Gasteiger partial charge in [0.1, 0.15) is 0 Å². The zero-order chi connectivity index (χ0) is 11.8. The highest BCUT2D eigenvalue weighted by Crippen LogP contribution is 2.34. The minimum Gasteiger partial charge on any atom is -0.392 e. The smallest absolute Gasteiger partial charge is 0.0810 e. The molecular formula is C12H16ClNO2. The Hall–Kier alpha value is -0.770. The van der Waals surface area contributed by atoms with Gasteiger partial charge in [0.25, 0.3) is 0 Å². The average molecular weight is 242 g/mol. The molecule has 1 atom stereocenters. The number of rotatable bonds is 2. The summed E-state index contributed by atoms with van der Waals surface area (Å²) in [6.07, 6.45) is 0.725. The van der Waals surface area contributed by atoms with E-state index in [1.807, 2.05) is 30.0 Å². The molecule has 2 N–H and O–H groups in total. The molecule has 1 heterocycles. The molecule has 0 aromatic heterocycles. The van der Waals surface area contributed by atoms with Crippen molar-refractivity contribution in [2.45, 2.75) is 25.6 Å². The first-order chi connectivity index (χ1) is 7.53. The van der Waals surface area contributed by atoms with Crippen molar-refractivity contribution in [3.63, 3.8) is 0 Å². The lowest BCUT2D eigenvalue weighted by molar-refractivity contribution is 0.0839. The van der Waals surface area contributed by atoms with Crippen LogP contribution in [-0.4, -0.2) is 28.9 Å². The van der Waals surface area contributed by atoms with Gasteiger partial charge in [0.15, 0.2) is 0 Å². The maximum absolute atomic E-state index is 9.93. The molecule has 88 valence electrons. The fourth-order valence-electron chi connectivity index (χ4n) is 2.18. The number of hydrogen-bond donors (Lipinski definition) is 2. The lowest BCUT2D eigenvalue weighted by Gasteiger charge is -2.24. The summed E-state index contributed by atoms with van der Waals surface area (Å²) >= 11 is 6.15. The third-order valence-electron chi connectivity index (χ3n) is 3.01. The zero-order valence-corrected chi connectivity index (χ0v) is 10.0. The van der Waals surface area contributed by atoms with E-state index in [9.17, 15) is 10.2 Å². The van der Waals surface area contributed by atoms with Gasteiger partial charge in [-0.1, -0.05) is 23.7 Å². The molecule has 0 saturated carbocycles. The molecule has 4 heteroatoms. The summed E-state index contributed by atoms with van der Waals surface area (Å²) in [4.78, 5) is 2.04. The van der Waals surface area contributed by atoms with E-state index in [1.54, 1.807) is 0 Å². The van der Waals surface area contributed by atoms with Crippen LogP contribution in [0.3, 0.4) is 0 Å². The van der Waals surface area contributed by atoms with Crippen molar-refractivity contribution in [3.8, 4) is 0 Å². The van der Waals surface area contributed by atoms with Crippen LogP contribution >= 0.6 is 11.6 Å². The number of β-amino-alcohol motifs (C(OH)–C–C–N with tert-alkyl or cyclic N) is 1. The van der Waals surface area contributed by atoms with Crippen molar-refractivity contribution in [1.29, 1.82) is 0 Å². The van der Waals surface area contributed by atoms with Crippen LogP contribution in [0.2, 0.25) is 5.02 Å². The van der Waals surface area contributed by atoms with Crippen molar-refractivity contribution in [3.05, 3.63) is 28.8 Å². The number of aliphatic hydroxyl groups is 2. The number of hydrogen-bond acceptors (Lipinski definition) is 3. The summed E-state index contributed by atoms with van der Waals surface area (Å²) in [5.74, 6) is 0. The second kappa shape index (κ2) is 4.24. The summed E-state index contributed by atoms with van der Waals surface area (Å²) in [7, 11) is 0. The highest BCUT2D eigenvalue weighted by atomic mass is 35.5. The van der Waals surface area contributed by atoms with E-state index in [0.29, 0.717) is 11.6 Å². The van der Waals surface area contributed by atoms with Gasteiger partial charge in [0.2, 0.25) is 0 Å². The third-order valence-corrected chi connectivity index (χ3v) is 3.31. The van der Waals surface area contributed by atoms with Crippen LogP contribution in [0, 0.1) is 0 Å². The molecule has 1 aromatic carbocycles. The van der Waals surface area contributed by atoms with Gasteiger partial charge < -0.3 is 15.1 Å². The van der Waals surface area contributed by atoms with Gasteiger partial charge in [-0.2, -0.15) is 0 Å². The lowest BCUT2D eigenvalue weighted by atomic mass is 10.1. The Morgan fingerprint density at radius 2 is 2.25 bits per heavy atom. The monoisotopic (exact) mass is 241 g/mol. The molecule has 1 aliphatic heterocycles. The van der Waals surface area contributed by atoms with Crippen molar-refractivity contribution in [2.75, 3.05) is 18.0 Å². The molecule has 0 bridgehead atoms. The second-order valence-electron chi connectivity index (χ2n) is 4.57. The summed E-state index contributed by atoms with van der Waals surface area (Å²) in [5.41, 5.74) is 1.00. The molecular weight excluding hydrogens is 226 g/mol. The van der Waals surface area contributed by atoms with Gasteiger partial charge in [-0.25, -0.2) is 0 Å². The van der Waals surface area contributed by atoms with Gasteiger partial charge in [-0.15, -0.1) is 0 Å². The molecule has 0 amide bonds. The van der Waals surface area contributed by atoms with Crippen molar-refractivity contribution < 1.29 is 10.2 Å². The Morgan fingerprint density at radius 3 is 2.81 bits per heavy atom. The van der Waals surface area contributed by atoms with E-state index in [0.717, 1.165) is 24.2 Å². The Bertz CT molecular complexity index is 393. The average Bonchev–Trinajstić information content (AvgIpc) is 2.58. The minimum absolute atomic E-state index is 0.0332. The first kappa shape index (κ1) is 11.7. The molecule has 1 aliphatic rings. The number of para-hydroxylation sites is 1. The van der Waals surface area contributed by atoms with Crippen molar-refractivity contribution in [1.82, 2.24) is 0 Å². The molecule has 2 rings (SSSR count). The van der Waals surface area contributed by atoms with E-state index >= 15 is 0 Å². The molecule has 1 saturated heterocycles. The Kier molecular flexibility index (Phi) is 3.10. The first-order valence-corrected chi connectivity index (χ1v) is 5.77. The summed E-state index contributed by atoms with van der Waals surface area (Å²) in [5, 5.41) is 19.8. The summed E-state index contributed by atoms with van der Waals surface area (Å²) in [6.45, 7) is 3.12. The fourth-order valence-corrected chi connectivity index (χ4v) is 2.49. The number of halogens is 1. The van der Waals surface area contributed by atoms with E-state index in [4.69, 9.17) is 11.6 Å². The minimum atomic E-state index is -0.661. The van der Waals surface area contributed by atoms with Gasteiger partial charge >= 0.3 is 0 Å². The van der Waals surface area contributed by atoms with Gasteiger partial charge in [0, 0.05) is 18.7 Å². The van der Waals surface area contributed by atoms with Gasteiger partial charge in [-0.05, 0) is 19.4 Å². The van der Waals surface area contributed by atoms with E-state index in [1.165, 1.54) is 0 Å². The Balaban J connectivity index is 2.34. The predicted molar refractivity (Wildman–Crippen MR) is 64.8 cm³/mol. The number of aliphatic hydroxyl groups excluding tert-OH is 1. The highest BCUT2D eigenvalue weighted by Gasteiger charge is 2.32. The highest BCUT2D eigenvalue weighted by molar-refractivity contribution is 6.33. The van der Waals surface area contributed by atoms with Crippen LogP contribution in [-0.2, 0) is 6.61 Å². The van der Waals surface area contributed by atoms with Crippen LogP contribution in [0.4, 0.5) is 5.69 Å². The lowest BCUT2D eigenvalue weighted by Crippen LogP contribution is -2.30. The Labute approximate surface area is 100 Å². The predicted octanol–water partition coefficient (Wildman–Crippen LogP) is 1.79. The Morgan fingerprint density at radius 1 is 1.50 bits per heavy atom. The van der Waals surface area contributed by atoms with Crippen LogP contribution in [0.5, 0.6) is 0 Å². The van der Waals surface area contributed by atoms with Crippen LogP contribution in [0.1, 0.15) is 18.9 Å². The largest absolute Gasteiger partial charge is 0.392 e. The quantitative estimate of drug-likeness (QED) is 0.830. The van der Waals surface area contributed by atoms with E-state index < -0.39 is 5.60 Å². The SMILES string of the molecule is CC1(O)CCN(c2c(Cl)cccc2CO)C1. The summed E-state index contributed by atoms with van der Waals surface area (Å²) in [6, 6.07) is 5.49. The van der Waals surface area contributed by atoms with Crippen LogP contribution in [0.25, 0.3) is 0 Å². The zero-order valence-electron chi connectivity index (χ0n) is 9.28. The molecule has 0 radical (unpaired) electrons. The maximum Gasteiger partial charge on any atom is 0.0810 e. The van der Waals surface area contributed by atoms with Gasteiger partial charge in [0.05, 0.1) is 22.9 Å². The molecule has 1 unspecified atom stereocenters. The van der Waals surface area contributed by atoms with Crippen molar-refractivity contribution >= 4 is 17.3 Å². The fraction of sp³-hybridized carbons (Fsp3) is 0.500. The number of nitrogens with zero attached hydrogens (tertiary/aromatic N) is 1. The second-order valence-corrected chi connectivity index (χ2v) is 4.98. The number of benzene rings is 1. The first-order valence-electron chi connectivity index (χ1n) is 5.39. The molecule has 1 fully saturated rings. The molecule has 16 heavy (non-hydrogen) atoms. The normalized spacial score (nSPS) is 25.1. The molecule has 1 aromatic rings. The molecule has 3 nitrogen and oxygen atoms in total. The van der Waals surface area contributed by atoms with Gasteiger partial charge in [-0.3, -0.25) is 0 Å². The van der Waals surface area contributed by atoms with Crippen LogP contribution in [0.15, 0.2) is 18.2 Å². The van der Waals surface area contributed by atoms with E-state index in [-0.39, 0.29) is 6.61 Å². The molecule has 0 aliphatic carbocycles. The van der Waals surface area contributed by atoms with Crippen molar-refractivity contribution in [2.24, 2.45) is 0 Å². The topological polar surface area (TPSA) is 43.7 Å². The third kappa shape index (κ3) is 2.17. The maximum atomic E-state index is 9.93. The van der Waals surface area contributed by atoms with E-state index in [2.05, 4.69) is 0 Å².